The summed E-state index contributed by atoms with van der Waals surface area (Å²) in [7, 11) is 4.86. The van der Waals surface area contributed by atoms with Gasteiger partial charge in [0.05, 0.1) is 0 Å². The topological polar surface area (TPSA) is 103 Å². The summed E-state index contributed by atoms with van der Waals surface area (Å²) < 4.78 is 0. The fourth-order valence-electron chi connectivity index (χ4n) is 1.98. The van der Waals surface area contributed by atoms with Crippen molar-refractivity contribution in [2.45, 2.75) is 25.7 Å². The van der Waals surface area contributed by atoms with E-state index < -0.39 is 0 Å². The van der Waals surface area contributed by atoms with E-state index in [4.69, 9.17) is 0 Å². The highest BCUT2D eigenvalue weighted by atomic mass is 16.2. The van der Waals surface area contributed by atoms with Crippen molar-refractivity contribution < 1.29 is 14.4 Å². The highest BCUT2D eigenvalue weighted by molar-refractivity contribution is 5.76. The van der Waals surface area contributed by atoms with E-state index in [9.17, 15) is 14.4 Å². The van der Waals surface area contributed by atoms with Crippen LogP contribution in [-0.2, 0) is 14.4 Å². The molecule has 0 spiro atoms. The normalized spacial score (nSPS) is 10.4. The van der Waals surface area contributed by atoms with Crippen molar-refractivity contribution in [2.24, 2.45) is 0 Å². The Morgan fingerprint density at radius 1 is 0.696 bits per heavy atom. The van der Waals surface area contributed by atoms with Gasteiger partial charge in [-0.3, -0.25) is 14.4 Å². The smallest absolute Gasteiger partial charge is 0.221 e. The average Bonchev–Trinajstić information content (AvgIpc) is 2.58. The van der Waals surface area contributed by atoms with Gasteiger partial charge in [-0.1, -0.05) is 0 Å². The number of nitrogens with one attached hydrogen (secondary N) is 4. The molecule has 0 aromatic carbocycles. The van der Waals surface area contributed by atoms with Crippen LogP contribution in [0.2, 0.25) is 0 Å². The van der Waals surface area contributed by atoms with E-state index in [1.54, 1.807) is 21.1 Å². The third-order valence-electron chi connectivity index (χ3n) is 3.50. The monoisotopic (exact) mass is 329 g/mol. The summed E-state index contributed by atoms with van der Waals surface area (Å²) >= 11 is 0. The molecule has 4 N–H and O–H groups in total. The summed E-state index contributed by atoms with van der Waals surface area (Å²) in [6, 6.07) is 0. The number of carbonyl (C=O) groups excluding carboxylic acids is 3. The summed E-state index contributed by atoms with van der Waals surface area (Å²) in [4.78, 5) is 35.9. The number of amides is 3. The minimum atomic E-state index is -0.00125. The Bertz CT molecular complexity index is 343. The Hall–Kier alpha value is -1.67. The molecule has 0 bridgehead atoms. The number of rotatable bonds is 13. The Labute approximate surface area is 138 Å². The fraction of sp³-hybridized carbons (Fsp3) is 0.800. The molecule has 0 rings (SSSR count). The van der Waals surface area contributed by atoms with Gasteiger partial charge in [0.2, 0.25) is 17.7 Å². The molecule has 0 aliphatic heterocycles. The van der Waals surface area contributed by atoms with Gasteiger partial charge < -0.3 is 26.2 Å². The predicted octanol–water partition coefficient (Wildman–Crippen LogP) is -1.32. The van der Waals surface area contributed by atoms with Crippen LogP contribution in [0.4, 0.5) is 0 Å². The SMILES string of the molecule is CNC(=O)CCNCCCN(CCC(=O)NC)CCC(=O)NC. The maximum atomic E-state index is 11.4. The molecule has 0 aliphatic carbocycles. The van der Waals surface area contributed by atoms with Gasteiger partial charge in [0.1, 0.15) is 0 Å². The number of carbonyl (C=O) groups is 3. The molecule has 0 fully saturated rings. The van der Waals surface area contributed by atoms with E-state index >= 15 is 0 Å². The van der Waals surface area contributed by atoms with Crippen molar-refractivity contribution in [3.63, 3.8) is 0 Å². The van der Waals surface area contributed by atoms with Crippen LogP contribution in [0.1, 0.15) is 25.7 Å². The van der Waals surface area contributed by atoms with Crippen LogP contribution >= 0.6 is 0 Å². The summed E-state index contributed by atoms with van der Waals surface area (Å²) in [6.07, 6.45) is 2.21. The van der Waals surface area contributed by atoms with Crippen molar-refractivity contribution >= 4 is 17.7 Å². The second-order valence-corrected chi connectivity index (χ2v) is 5.21. The highest BCUT2D eigenvalue weighted by Crippen LogP contribution is 1.97. The Balaban J connectivity index is 3.96. The first-order valence-electron chi connectivity index (χ1n) is 8.08. The molecule has 0 aliphatic rings. The largest absolute Gasteiger partial charge is 0.359 e. The van der Waals surface area contributed by atoms with Gasteiger partial charge in [0, 0.05) is 60.0 Å². The molecule has 8 heteroatoms. The first-order chi connectivity index (χ1) is 11.0. The minimum Gasteiger partial charge on any atom is -0.359 e. The summed E-state index contributed by atoms with van der Waals surface area (Å²) in [5.74, 6) is 0.0209. The molecule has 0 saturated carbocycles. The van der Waals surface area contributed by atoms with E-state index in [-0.39, 0.29) is 17.7 Å². The quantitative estimate of drug-likeness (QED) is 0.314. The van der Waals surface area contributed by atoms with Crippen LogP contribution in [0.3, 0.4) is 0 Å². The van der Waals surface area contributed by atoms with E-state index in [2.05, 4.69) is 26.2 Å². The van der Waals surface area contributed by atoms with Crippen molar-refractivity contribution in [1.82, 2.24) is 26.2 Å². The number of hydrogen-bond acceptors (Lipinski definition) is 5. The Kier molecular flexibility index (Phi) is 12.9. The van der Waals surface area contributed by atoms with Gasteiger partial charge in [-0.2, -0.15) is 0 Å². The summed E-state index contributed by atoms with van der Waals surface area (Å²) in [5.41, 5.74) is 0. The highest BCUT2D eigenvalue weighted by Gasteiger charge is 2.09. The lowest BCUT2D eigenvalue weighted by Crippen LogP contribution is -2.35. The van der Waals surface area contributed by atoms with Crippen LogP contribution in [0.5, 0.6) is 0 Å². The van der Waals surface area contributed by atoms with Gasteiger partial charge in [0.15, 0.2) is 0 Å². The lowest BCUT2D eigenvalue weighted by atomic mass is 10.2. The molecular weight excluding hydrogens is 298 g/mol. The van der Waals surface area contributed by atoms with Crippen LogP contribution < -0.4 is 21.3 Å². The van der Waals surface area contributed by atoms with Gasteiger partial charge in [-0.25, -0.2) is 0 Å². The van der Waals surface area contributed by atoms with E-state index in [1.165, 1.54) is 0 Å². The van der Waals surface area contributed by atoms with Crippen LogP contribution in [0.25, 0.3) is 0 Å². The third-order valence-corrected chi connectivity index (χ3v) is 3.50. The second-order valence-electron chi connectivity index (χ2n) is 5.21. The molecule has 23 heavy (non-hydrogen) atoms. The predicted molar refractivity (Wildman–Crippen MR) is 90.0 cm³/mol. The lowest BCUT2D eigenvalue weighted by molar-refractivity contribution is -0.121. The number of hydrogen-bond donors (Lipinski definition) is 4. The molecule has 3 amide bonds. The molecule has 0 aromatic rings. The molecule has 0 saturated heterocycles. The van der Waals surface area contributed by atoms with Crippen molar-refractivity contribution in [2.75, 3.05) is 53.9 Å². The van der Waals surface area contributed by atoms with Crippen molar-refractivity contribution in [1.29, 1.82) is 0 Å². The zero-order chi connectivity index (χ0) is 17.5. The molecule has 0 heterocycles. The van der Waals surface area contributed by atoms with Gasteiger partial charge in [-0.15, -0.1) is 0 Å². The van der Waals surface area contributed by atoms with Gasteiger partial charge >= 0.3 is 0 Å². The minimum absolute atomic E-state index is 0.00125. The molecule has 134 valence electrons. The maximum absolute atomic E-state index is 11.4. The zero-order valence-electron chi connectivity index (χ0n) is 14.5. The zero-order valence-corrected chi connectivity index (χ0v) is 14.5. The van der Waals surface area contributed by atoms with E-state index in [1.807, 2.05) is 0 Å². The number of nitrogens with zero attached hydrogens (tertiary/aromatic N) is 1. The van der Waals surface area contributed by atoms with E-state index in [0.717, 1.165) is 19.5 Å². The molecular formula is C15H31N5O3. The van der Waals surface area contributed by atoms with Crippen LogP contribution in [0.15, 0.2) is 0 Å². The van der Waals surface area contributed by atoms with Crippen LogP contribution in [-0.4, -0.2) is 76.5 Å². The Morgan fingerprint density at radius 3 is 1.65 bits per heavy atom. The van der Waals surface area contributed by atoms with Crippen molar-refractivity contribution in [3.05, 3.63) is 0 Å². The first-order valence-corrected chi connectivity index (χ1v) is 8.08. The van der Waals surface area contributed by atoms with Gasteiger partial charge in [0.25, 0.3) is 0 Å². The maximum Gasteiger partial charge on any atom is 0.221 e. The lowest BCUT2D eigenvalue weighted by Gasteiger charge is -2.21. The molecule has 0 aromatic heterocycles. The average molecular weight is 329 g/mol. The standard InChI is InChI=1S/C15H31N5O3/c1-16-13(21)5-9-19-8-4-10-20(11-6-14(22)17-2)12-7-15(23)18-3/h19H,4-12H2,1-3H3,(H,16,21)(H,17,22)(H,18,23). The fourth-order valence-corrected chi connectivity index (χ4v) is 1.98. The summed E-state index contributed by atoms with van der Waals surface area (Å²) in [5, 5.41) is 11.0. The van der Waals surface area contributed by atoms with Crippen molar-refractivity contribution in [3.8, 4) is 0 Å². The first kappa shape index (κ1) is 21.3. The van der Waals surface area contributed by atoms with Gasteiger partial charge in [-0.05, 0) is 19.5 Å². The molecule has 0 unspecified atom stereocenters. The van der Waals surface area contributed by atoms with Crippen LogP contribution in [0, 0.1) is 0 Å². The molecule has 0 atom stereocenters. The Morgan fingerprint density at radius 2 is 1.17 bits per heavy atom. The molecule has 8 nitrogen and oxygen atoms in total. The molecule has 0 radical (unpaired) electrons. The van der Waals surface area contributed by atoms with E-state index in [0.29, 0.717) is 38.9 Å². The third kappa shape index (κ3) is 12.5. The summed E-state index contributed by atoms with van der Waals surface area (Å²) in [6.45, 7) is 3.52. The second kappa shape index (κ2) is 14.0.